The van der Waals surface area contributed by atoms with E-state index < -0.39 is 16.8 Å². The molecule has 2 N–H and O–H groups in total. The summed E-state index contributed by atoms with van der Waals surface area (Å²) in [4.78, 5) is 50.5. The van der Waals surface area contributed by atoms with E-state index in [4.69, 9.17) is 0 Å². The van der Waals surface area contributed by atoms with Crippen molar-refractivity contribution in [1.29, 1.82) is 0 Å². The maximum absolute atomic E-state index is 12.5. The van der Waals surface area contributed by atoms with Crippen molar-refractivity contribution in [1.82, 2.24) is 4.90 Å². The van der Waals surface area contributed by atoms with E-state index in [0.29, 0.717) is 0 Å². The van der Waals surface area contributed by atoms with Gasteiger partial charge in [0, 0.05) is 26.1 Å². The molecule has 1 amide bonds. The molecule has 0 aromatic heterocycles. The highest BCUT2D eigenvalue weighted by atomic mass is 16.3. The van der Waals surface area contributed by atoms with E-state index in [2.05, 4.69) is 34.5 Å². The first-order valence-electron chi connectivity index (χ1n) is 12.1. The minimum atomic E-state index is -0.672. The van der Waals surface area contributed by atoms with Crippen LogP contribution in [0.4, 0.5) is 22.7 Å². The van der Waals surface area contributed by atoms with Crippen molar-refractivity contribution in [2.45, 2.75) is 38.1 Å². The van der Waals surface area contributed by atoms with Gasteiger partial charge < -0.3 is 15.5 Å². The fraction of sp³-hybridized carbons (Fsp3) is 0.321. The smallest absolute Gasteiger partial charge is 0.255 e. The van der Waals surface area contributed by atoms with Gasteiger partial charge in [0.25, 0.3) is 16.8 Å². The molecule has 0 spiro atoms. The lowest BCUT2D eigenvalue weighted by atomic mass is 9.78. The van der Waals surface area contributed by atoms with Crippen LogP contribution in [0.3, 0.4) is 0 Å². The van der Waals surface area contributed by atoms with Crippen LogP contribution in [0.1, 0.15) is 41.6 Å². The van der Waals surface area contributed by atoms with Crippen molar-refractivity contribution in [2.24, 2.45) is 11.1 Å². The van der Waals surface area contributed by atoms with Gasteiger partial charge in [-0.05, 0) is 42.1 Å². The molecule has 0 radical (unpaired) electrons. The molecule has 1 aliphatic carbocycles. The van der Waals surface area contributed by atoms with Crippen molar-refractivity contribution < 1.29 is 4.79 Å². The number of carbonyl (C=O) groups is 1. The van der Waals surface area contributed by atoms with Crippen molar-refractivity contribution in [3.05, 3.63) is 97.2 Å². The van der Waals surface area contributed by atoms with E-state index in [9.17, 15) is 19.3 Å². The summed E-state index contributed by atoms with van der Waals surface area (Å²) in [6, 6.07) is 14.7. The Kier molecular flexibility index (Phi) is 7.43. The first kappa shape index (κ1) is 25.0. The monoisotopic (exact) mass is 486 g/mol. The molecule has 1 fully saturated rings. The van der Waals surface area contributed by atoms with Gasteiger partial charge in [-0.1, -0.05) is 61.4 Å². The molecule has 8 nitrogen and oxygen atoms in total. The molecule has 3 aromatic rings. The second kappa shape index (κ2) is 10.7. The Balaban J connectivity index is 1.57. The molecule has 0 aliphatic heterocycles. The molecule has 8 heteroatoms. The van der Waals surface area contributed by atoms with Crippen LogP contribution in [0, 0.1) is 10.8 Å². The number of benzene rings is 2. The van der Waals surface area contributed by atoms with Gasteiger partial charge in [-0.25, -0.2) is 0 Å². The lowest BCUT2D eigenvalue weighted by Crippen LogP contribution is -2.42. The summed E-state index contributed by atoms with van der Waals surface area (Å²) >= 11 is 0. The van der Waals surface area contributed by atoms with Crippen LogP contribution in [0.5, 0.6) is 0 Å². The topological polar surface area (TPSA) is 108 Å². The van der Waals surface area contributed by atoms with Crippen LogP contribution in [-0.2, 0) is 6.42 Å². The molecular weight excluding hydrogens is 456 g/mol. The van der Waals surface area contributed by atoms with Gasteiger partial charge in [-0.15, -0.1) is 4.91 Å². The van der Waals surface area contributed by atoms with Crippen LogP contribution < -0.4 is 21.5 Å². The van der Waals surface area contributed by atoms with E-state index in [1.807, 2.05) is 18.2 Å². The highest BCUT2D eigenvalue weighted by molar-refractivity contribution is 6.02. The second-order valence-electron chi connectivity index (χ2n) is 9.49. The second-order valence-corrected chi connectivity index (χ2v) is 9.49. The Morgan fingerprint density at radius 1 is 1.00 bits per heavy atom. The molecule has 1 saturated carbocycles. The lowest BCUT2D eigenvalue weighted by Gasteiger charge is -2.35. The number of anilines is 3. The number of hydrogen-bond donors (Lipinski definition) is 2. The summed E-state index contributed by atoms with van der Waals surface area (Å²) in [5.74, 6) is -0.233. The first-order chi connectivity index (χ1) is 17.3. The van der Waals surface area contributed by atoms with E-state index in [-0.39, 0.29) is 40.3 Å². The molecule has 1 aliphatic rings. The van der Waals surface area contributed by atoms with Gasteiger partial charge in [0.2, 0.25) is 0 Å². The summed E-state index contributed by atoms with van der Waals surface area (Å²) in [5.41, 5.74) is 1.48. The van der Waals surface area contributed by atoms with E-state index >= 15 is 0 Å². The van der Waals surface area contributed by atoms with Crippen molar-refractivity contribution in [2.75, 3.05) is 24.7 Å². The first-order valence-corrected chi connectivity index (χ1v) is 12.1. The maximum atomic E-state index is 12.5. The molecule has 3 aromatic carbocycles. The molecule has 4 rings (SSSR count). The number of amides is 1. The van der Waals surface area contributed by atoms with Crippen LogP contribution in [-0.4, -0.2) is 30.9 Å². The summed E-state index contributed by atoms with van der Waals surface area (Å²) in [5, 5.41) is 9.25. The predicted octanol–water partition coefficient (Wildman–Crippen LogP) is 4.90. The fourth-order valence-corrected chi connectivity index (χ4v) is 4.91. The highest BCUT2D eigenvalue weighted by Crippen LogP contribution is 2.36. The molecule has 36 heavy (non-hydrogen) atoms. The van der Waals surface area contributed by atoms with Gasteiger partial charge in [0.1, 0.15) is 17.1 Å². The number of nitrogens with one attached hydrogen (secondary N) is 2. The number of nitrogens with zero attached hydrogens (tertiary/aromatic N) is 2. The van der Waals surface area contributed by atoms with Gasteiger partial charge >= 0.3 is 0 Å². The zero-order valence-electron chi connectivity index (χ0n) is 20.5. The molecule has 0 unspecified atom stereocenters. The van der Waals surface area contributed by atoms with E-state index in [0.717, 1.165) is 37.7 Å². The zero-order valence-corrected chi connectivity index (χ0v) is 20.5. The normalized spacial score (nSPS) is 17.4. The van der Waals surface area contributed by atoms with Crippen LogP contribution in [0.25, 0.3) is 0 Å². The molecule has 0 saturated heterocycles. The summed E-state index contributed by atoms with van der Waals surface area (Å²) < 4.78 is 0. The van der Waals surface area contributed by atoms with E-state index in [1.165, 1.54) is 16.5 Å². The van der Waals surface area contributed by atoms with Crippen molar-refractivity contribution in [3.63, 3.8) is 0 Å². The SMILES string of the molecule is C=C(Cc1ccccc1)[C@@H]1CCCC[C@H]1Nc1c(Nc2cccc(C(=O)N(C)C)c2N=O)c(=O)c1=O. The average Bonchev–Trinajstić information content (AvgIpc) is 2.90. The third kappa shape index (κ3) is 4.98. The predicted molar refractivity (Wildman–Crippen MR) is 143 cm³/mol. The Labute approximate surface area is 209 Å². The Morgan fingerprint density at radius 3 is 2.39 bits per heavy atom. The van der Waals surface area contributed by atoms with E-state index in [1.54, 1.807) is 26.2 Å². The quantitative estimate of drug-likeness (QED) is 0.253. The van der Waals surface area contributed by atoms with Gasteiger partial charge in [-0.3, -0.25) is 14.4 Å². The minimum Gasteiger partial charge on any atom is -0.377 e. The molecule has 186 valence electrons. The van der Waals surface area contributed by atoms with Crippen LogP contribution in [0.15, 0.2) is 75.4 Å². The highest BCUT2D eigenvalue weighted by Gasteiger charge is 2.31. The number of rotatable bonds is 9. The standard InChI is InChI=1S/C28H30N4O4/c1-17(16-18-10-5-4-6-11-18)19-12-7-8-14-21(19)29-24-25(27(34)26(24)33)30-22-15-9-13-20(23(22)31-36)28(35)32(2)3/h4-6,9-11,13,15,19,21,29-30H,1,7-8,12,14,16H2,2-3H3/t19-,21+/m0/s1. The summed E-state index contributed by atoms with van der Waals surface area (Å²) in [7, 11) is 3.14. The van der Waals surface area contributed by atoms with Gasteiger partial charge in [0.05, 0.1) is 11.3 Å². The van der Waals surface area contributed by atoms with Gasteiger partial charge in [-0.2, -0.15) is 0 Å². The lowest BCUT2D eigenvalue weighted by molar-refractivity contribution is 0.0828. The summed E-state index contributed by atoms with van der Waals surface area (Å²) in [6.07, 6.45) is 4.65. The third-order valence-electron chi connectivity index (χ3n) is 6.83. The van der Waals surface area contributed by atoms with Crippen molar-refractivity contribution in [3.8, 4) is 0 Å². The average molecular weight is 487 g/mol. The summed E-state index contributed by atoms with van der Waals surface area (Å²) in [6.45, 7) is 4.35. The zero-order chi connectivity index (χ0) is 25.8. The minimum absolute atomic E-state index is 0.0378. The molecule has 0 bridgehead atoms. The fourth-order valence-electron chi connectivity index (χ4n) is 4.91. The molecular formula is C28H30N4O4. The molecule has 0 heterocycles. The number of hydrogen-bond acceptors (Lipinski definition) is 7. The van der Waals surface area contributed by atoms with Crippen LogP contribution in [0.2, 0.25) is 0 Å². The number of nitroso groups, excluding NO2 is 1. The molecule has 2 atom stereocenters. The number of carbonyl (C=O) groups excluding carboxylic acids is 1. The maximum Gasteiger partial charge on any atom is 0.255 e. The van der Waals surface area contributed by atoms with Crippen LogP contribution >= 0.6 is 0 Å². The Morgan fingerprint density at radius 2 is 1.69 bits per heavy atom. The Bertz CT molecular complexity index is 1360. The Hall–Kier alpha value is -4.07. The van der Waals surface area contributed by atoms with Crippen molar-refractivity contribution >= 4 is 28.7 Å². The third-order valence-corrected chi connectivity index (χ3v) is 6.83. The largest absolute Gasteiger partial charge is 0.377 e. The van der Waals surface area contributed by atoms with Gasteiger partial charge in [0.15, 0.2) is 0 Å².